The lowest BCUT2D eigenvalue weighted by Crippen LogP contribution is -2.14. The van der Waals surface area contributed by atoms with E-state index < -0.39 is 0 Å². The minimum Gasteiger partial charge on any atom is -0.309 e. The molecule has 2 aromatic heterocycles. The molecule has 16 rings (SSSR count). The zero-order valence-electron chi connectivity index (χ0n) is 49.4. The Bertz CT molecular complexity index is 5050. The number of thiophene rings is 2. The van der Waals surface area contributed by atoms with Gasteiger partial charge in [0.15, 0.2) is 0 Å². The molecule has 0 aliphatic carbocycles. The van der Waals surface area contributed by atoms with Gasteiger partial charge in [0.1, 0.15) is 0 Å². The minimum absolute atomic E-state index is 1.10. The lowest BCUT2D eigenvalue weighted by Gasteiger charge is -2.32. The summed E-state index contributed by atoms with van der Waals surface area (Å²) >= 11 is 3.76. The maximum Gasteiger partial charge on any atom is 0.0569 e. The molecule has 0 saturated carbocycles. The maximum absolute atomic E-state index is 2.51. The van der Waals surface area contributed by atoms with Crippen LogP contribution in [0.5, 0.6) is 0 Å². The van der Waals surface area contributed by atoms with Crippen LogP contribution in [0.15, 0.2) is 291 Å². The molecule has 0 aliphatic rings. The van der Waals surface area contributed by atoms with Crippen LogP contribution in [-0.2, 0) is 0 Å². The number of anilines is 6. The average molecular weight is 1160 g/mol. The van der Waals surface area contributed by atoms with E-state index in [1.165, 1.54) is 151 Å². The lowest BCUT2D eigenvalue weighted by atomic mass is 9.93. The van der Waals surface area contributed by atoms with Crippen molar-refractivity contribution in [3.63, 3.8) is 0 Å². The van der Waals surface area contributed by atoms with E-state index in [1.54, 1.807) is 0 Å². The standard InChI is InChI=1S/C84H60N2S2/c1-53-19-13-33-73(69-31-15-23-57-21-5-7-25-65(57)69)81(53)85(63-45-39-59(40-46-63)67-29-17-35-75-71-27-9-11-37-79(71)87-83(67)75)77-49-43-61(51-55(77)3)62-44-50-78(56(4)52-62)86(82-54(2)20-14-34-74(82)70-32-16-24-58-22-6-8-26-66(58)70)64-47-41-60(42-48-64)68-30-18-36-76-72-28-10-12-38-80(72)88-84(68)76/h5-52H,1-4H3. The summed E-state index contributed by atoms with van der Waals surface area (Å²) in [7, 11) is 0. The molecule has 0 bridgehead atoms. The Morgan fingerprint density at radius 3 is 1.00 bits per heavy atom. The lowest BCUT2D eigenvalue weighted by molar-refractivity contribution is 1.22. The van der Waals surface area contributed by atoms with Gasteiger partial charge in [-0.25, -0.2) is 0 Å². The van der Waals surface area contributed by atoms with Crippen molar-refractivity contribution < 1.29 is 0 Å². The van der Waals surface area contributed by atoms with Crippen LogP contribution in [0.1, 0.15) is 22.3 Å². The first-order valence-electron chi connectivity index (χ1n) is 30.3. The second-order valence-corrected chi connectivity index (χ2v) is 25.4. The molecular formula is C84H60N2S2. The highest BCUT2D eigenvalue weighted by Gasteiger charge is 2.26. The van der Waals surface area contributed by atoms with Crippen molar-refractivity contribution in [1.29, 1.82) is 0 Å². The third-order valence-electron chi connectivity index (χ3n) is 18.0. The van der Waals surface area contributed by atoms with E-state index in [0.717, 1.165) is 22.7 Å². The number of hydrogen-bond acceptors (Lipinski definition) is 4. The minimum atomic E-state index is 1.10. The van der Waals surface area contributed by atoms with E-state index in [-0.39, 0.29) is 0 Å². The molecule has 0 amide bonds. The Labute approximate surface area is 521 Å². The largest absolute Gasteiger partial charge is 0.309 e. The quantitative estimate of drug-likeness (QED) is 0.127. The third-order valence-corrected chi connectivity index (χ3v) is 20.4. The van der Waals surface area contributed by atoms with Crippen LogP contribution in [0, 0.1) is 27.7 Å². The first kappa shape index (κ1) is 53.1. The number of hydrogen-bond donors (Lipinski definition) is 0. The van der Waals surface area contributed by atoms with Gasteiger partial charge in [0.25, 0.3) is 0 Å². The number of para-hydroxylation sites is 2. The first-order valence-corrected chi connectivity index (χ1v) is 31.9. The van der Waals surface area contributed by atoms with Crippen LogP contribution in [0.4, 0.5) is 34.1 Å². The number of fused-ring (bicyclic) bond motifs is 8. The van der Waals surface area contributed by atoms with Crippen molar-refractivity contribution in [2.24, 2.45) is 0 Å². The number of nitrogens with zero attached hydrogens (tertiary/aromatic N) is 2. The number of aryl methyl sites for hydroxylation is 4. The van der Waals surface area contributed by atoms with Crippen molar-refractivity contribution >= 4 is 119 Å². The molecule has 14 aromatic carbocycles. The summed E-state index contributed by atoms with van der Waals surface area (Å²) in [5.41, 5.74) is 23.6. The Kier molecular flexibility index (Phi) is 13.2. The summed E-state index contributed by atoms with van der Waals surface area (Å²) in [6.07, 6.45) is 0. The van der Waals surface area contributed by atoms with Crippen molar-refractivity contribution in [3.8, 4) is 55.6 Å². The second kappa shape index (κ2) is 21.9. The molecule has 0 aliphatic heterocycles. The molecule has 0 atom stereocenters. The molecule has 4 heteroatoms. The molecule has 2 heterocycles. The molecule has 0 unspecified atom stereocenters. The molecule has 0 fully saturated rings. The highest BCUT2D eigenvalue weighted by Crippen LogP contribution is 2.50. The average Bonchev–Trinajstić information content (AvgIpc) is 1.50. The van der Waals surface area contributed by atoms with Crippen molar-refractivity contribution in [3.05, 3.63) is 313 Å². The second-order valence-electron chi connectivity index (χ2n) is 23.3. The molecule has 418 valence electrons. The van der Waals surface area contributed by atoms with Gasteiger partial charge in [-0.05, 0) is 177 Å². The fourth-order valence-corrected chi connectivity index (χ4v) is 16.2. The zero-order valence-corrected chi connectivity index (χ0v) is 51.1. The van der Waals surface area contributed by atoms with Gasteiger partial charge in [-0.15, -0.1) is 22.7 Å². The van der Waals surface area contributed by atoms with Gasteiger partial charge in [-0.3, -0.25) is 0 Å². The van der Waals surface area contributed by atoms with E-state index in [4.69, 9.17) is 0 Å². The van der Waals surface area contributed by atoms with Gasteiger partial charge in [0.2, 0.25) is 0 Å². The van der Waals surface area contributed by atoms with E-state index in [2.05, 4.69) is 329 Å². The summed E-state index contributed by atoms with van der Waals surface area (Å²) in [6.45, 7) is 9.07. The van der Waals surface area contributed by atoms with Crippen LogP contribution >= 0.6 is 22.7 Å². The summed E-state index contributed by atoms with van der Waals surface area (Å²) in [5, 5.41) is 10.2. The maximum atomic E-state index is 2.51. The van der Waals surface area contributed by atoms with E-state index in [0.29, 0.717) is 0 Å². The van der Waals surface area contributed by atoms with Gasteiger partial charge >= 0.3 is 0 Å². The highest BCUT2D eigenvalue weighted by atomic mass is 32.1. The summed E-state index contributed by atoms with van der Waals surface area (Å²) in [6, 6.07) is 108. The van der Waals surface area contributed by atoms with Crippen LogP contribution in [0.2, 0.25) is 0 Å². The summed E-state index contributed by atoms with van der Waals surface area (Å²) in [4.78, 5) is 5.01. The Morgan fingerprint density at radius 1 is 0.239 bits per heavy atom. The normalized spacial score (nSPS) is 11.6. The number of benzene rings is 14. The smallest absolute Gasteiger partial charge is 0.0569 e. The molecule has 0 spiro atoms. The molecule has 88 heavy (non-hydrogen) atoms. The molecule has 0 radical (unpaired) electrons. The Hall–Kier alpha value is -10.4. The van der Waals surface area contributed by atoms with E-state index >= 15 is 0 Å². The van der Waals surface area contributed by atoms with Gasteiger partial charge in [-0.2, -0.15) is 0 Å². The predicted molar refractivity (Wildman–Crippen MR) is 383 cm³/mol. The molecule has 0 N–H and O–H groups in total. The van der Waals surface area contributed by atoms with Crippen molar-refractivity contribution in [2.75, 3.05) is 9.80 Å². The number of rotatable bonds is 11. The van der Waals surface area contributed by atoms with Crippen molar-refractivity contribution in [1.82, 2.24) is 0 Å². The SMILES string of the molecule is Cc1cc(-c2ccc(N(c3ccc(-c4cccc5c4sc4ccccc45)cc3)c3c(C)cccc3-c3cccc4ccccc34)c(C)c2)ccc1N(c1ccc(-c2cccc3c2sc2ccccc23)cc1)c1c(C)cccc1-c1cccc2ccccc12. The summed E-state index contributed by atoms with van der Waals surface area (Å²) in [5.74, 6) is 0. The van der Waals surface area contributed by atoms with Gasteiger partial charge < -0.3 is 9.80 Å². The van der Waals surface area contributed by atoms with Crippen LogP contribution in [0.3, 0.4) is 0 Å². The van der Waals surface area contributed by atoms with Gasteiger partial charge in [0.05, 0.1) is 11.4 Å². The first-order chi connectivity index (χ1) is 43.3. The topological polar surface area (TPSA) is 6.48 Å². The van der Waals surface area contributed by atoms with Crippen LogP contribution < -0.4 is 9.80 Å². The fourth-order valence-electron chi connectivity index (χ4n) is 13.7. The Morgan fingerprint density at radius 2 is 0.568 bits per heavy atom. The van der Waals surface area contributed by atoms with Gasteiger partial charge in [-0.1, -0.05) is 231 Å². The van der Waals surface area contributed by atoms with Gasteiger partial charge in [0, 0.05) is 74.2 Å². The monoisotopic (exact) mass is 1160 g/mol. The third kappa shape index (κ3) is 9.06. The van der Waals surface area contributed by atoms with Crippen LogP contribution in [0.25, 0.3) is 118 Å². The zero-order chi connectivity index (χ0) is 59.0. The summed E-state index contributed by atoms with van der Waals surface area (Å²) < 4.78 is 5.26. The fraction of sp³-hybridized carbons (Fsp3) is 0.0476. The predicted octanol–water partition coefficient (Wildman–Crippen LogP) is 25.2. The van der Waals surface area contributed by atoms with E-state index in [9.17, 15) is 0 Å². The van der Waals surface area contributed by atoms with Crippen LogP contribution in [-0.4, -0.2) is 0 Å². The molecule has 0 saturated heterocycles. The molecular weight excluding hydrogens is 1100 g/mol. The molecule has 2 nitrogen and oxygen atoms in total. The highest BCUT2D eigenvalue weighted by molar-refractivity contribution is 7.26. The Balaban J connectivity index is 0.817. The molecule has 16 aromatic rings. The van der Waals surface area contributed by atoms with Crippen molar-refractivity contribution in [2.45, 2.75) is 27.7 Å². The van der Waals surface area contributed by atoms with E-state index in [1.807, 2.05) is 22.7 Å².